The van der Waals surface area contributed by atoms with E-state index in [2.05, 4.69) is 0 Å². The molecule has 0 bridgehead atoms. The summed E-state index contributed by atoms with van der Waals surface area (Å²) in [5.41, 5.74) is 1.89. The van der Waals surface area contributed by atoms with Gasteiger partial charge in [-0.2, -0.15) is 0 Å². The summed E-state index contributed by atoms with van der Waals surface area (Å²) in [4.78, 5) is 0. The molecule has 0 saturated carbocycles. The first-order valence-electron chi connectivity index (χ1n) is 4.01. The minimum Gasteiger partial charge on any atom is -0.352 e. The van der Waals surface area contributed by atoms with E-state index in [9.17, 15) is 0 Å². The molecule has 72 valence electrons. The Morgan fingerprint density at radius 1 is 1.23 bits per heavy atom. The molecule has 0 amide bonds. The van der Waals surface area contributed by atoms with Crippen LogP contribution in [0.15, 0.2) is 18.2 Å². The summed E-state index contributed by atoms with van der Waals surface area (Å²) >= 11 is 6.09. The summed E-state index contributed by atoms with van der Waals surface area (Å²) in [6.45, 7) is 1.95. The smallest absolute Gasteiger partial charge is 0.184 e. The monoisotopic (exact) mass is 200 g/mol. The Labute approximate surface area is 83.4 Å². The molecule has 1 aromatic rings. The van der Waals surface area contributed by atoms with Crippen LogP contribution < -0.4 is 0 Å². The lowest BCUT2D eigenvalue weighted by Gasteiger charge is -2.15. The molecule has 0 N–H and O–H groups in total. The number of benzene rings is 1. The molecule has 0 aliphatic rings. The van der Waals surface area contributed by atoms with E-state index in [0.717, 1.165) is 11.1 Å². The second kappa shape index (κ2) is 4.61. The third-order valence-electron chi connectivity index (χ3n) is 1.90. The normalized spacial score (nSPS) is 10.8. The molecule has 0 aliphatic heterocycles. The molecule has 0 fully saturated rings. The number of rotatable bonds is 3. The van der Waals surface area contributed by atoms with Crippen LogP contribution in [-0.2, 0) is 9.47 Å². The molecule has 2 nitrogen and oxygen atoms in total. The van der Waals surface area contributed by atoms with Gasteiger partial charge >= 0.3 is 0 Å². The van der Waals surface area contributed by atoms with Crippen molar-refractivity contribution in [2.24, 2.45) is 0 Å². The van der Waals surface area contributed by atoms with Gasteiger partial charge in [-0.1, -0.05) is 29.8 Å². The Morgan fingerprint density at radius 3 is 2.38 bits per heavy atom. The van der Waals surface area contributed by atoms with Crippen molar-refractivity contribution < 1.29 is 9.47 Å². The minimum atomic E-state index is -0.382. The maximum atomic E-state index is 6.09. The lowest BCUT2D eigenvalue weighted by atomic mass is 10.1. The predicted molar refractivity (Wildman–Crippen MR) is 52.9 cm³/mol. The average Bonchev–Trinajstić information content (AvgIpc) is 2.14. The molecule has 0 unspecified atom stereocenters. The Bertz CT molecular complexity index is 282. The number of methoxy groups -OCH3 is 2. The van der Waals surface area contributed by atoms with Crippen molar-refractivity contribution in [3.63, 3.8) is 0 Å². The molecular formula is C10H13ClO2. The van der Waals surface area contributed by atoms with Gasteiger partial charge in [0.25, 0.3) is 0 Å². The highest BCUT2D eigenvalue weighted by atomic mass is 35.5. The van der Waals surface area contributed by atoms with Crippen LogP contribution in [0.1, 0.15) is 17.4 Å². The molecule has 13 heavy (non-hydrogen) atoms. The van der Waals surface area contributed by atoms with Crippen LogP contribution in [0.3, 0.4) is 0 Å². The van der Waals surface area contributed by atoms with Crippen molar-refractivity contribution in [2.45, 2.75) is 13.2 Å². The number of aryl methyl sites for hydroxylation is 1. The third kappa shape index (κ3) is 2.21. The first-order valence-corrected chi connectivity index (χ1v) is 4.39. The second-order valence-corrected chi connectivity index (χ2v) is 3.16. The molecular weight excluding hydrogens is 188 g/mol. The number of halogens is 1. The molecule has 0 aromatic heterocycles. The molecule has 0 spiro atoms. The molecule has 0 aliphatic carbocycles. The van der Waals surface area contributed by atoms with Crippen LogP contribution in [0.5, 0.6) is 0 Å². The summed E-state index contributed by atoms with van der Waals surface area (Å²) < 4.78 is 10.2. The zero-order chi connectivity index (χ0) is 9.84. The van der Waals surface area contributed by atoms with E-state index in [1.54, 1.807) is 14.2 Å². The summed E-state index contributed by atoms with van der Waals surface area (Å²) in [6, 6.07) is 5.78. The lowest BCUT2D eigenvalue weighted by molar-refractivity contribution is -0.105. The summed E-state index contributed by atoms with van der Waals surface area (Å²) in [5, 5.41) is 0.705. The first kappa shape index (κ1) is 10.5. The van der Waals surface area contributed by atoms with Gasteiger partial charge in [-0.25, -0.2) is 0 Å². The van der Waals surface area contributed by atoms with Gasteiger partial charge in [0.15, 0.2) is 6.29 Å². The average molecular weight is 201 g/mol. The first-order chi connectivity index (χ1) is 6.20. The Hall–Kier alpha value is -0.570. The van der Waals surface area contributed by atoms with E-state index in [1.807, 2.05) is 25.1 Å². The largest absolute Gasteiger partial charge is 0.352 e. The fourth-order valence-corrected chi connectivity index (χ4v) is 1.42. The van der Waals surface area contributed by atoms with Crippen molar-refractivity contribution in [3.8, 4) is 0 Å². The van der Waals surface area contributed by atoms with E-state index in [0.29, 0.717) is 5.02 Å². The van der Waals surface area contributed by atoms with Crippen molar-refractivity contribution in [1.82, 2.24) is 0 Å². The van der Waals surface area contributed by atoms with Crippen LogP contribution in [0.25, 0.3) is 0 Å². The van der Waals surface area contributed by atoms with Crippen molar-refractivity contribution in [2.75, 3.05) is 14.2 Å². The molecule has 0 heterocycles. The quantitative estimate of drug-likeness (QED) is 0.699. The van der Waals surface area contributed by atoms with E-state index in [4.69, 9.17) is 21.1 Å². The van der Waals surface area contributed by atoms with Gasteiger partial charge in [-0.05, 0) is 12.5 Å². The molecule has 0 radical (unpaired) electrons. The molecule has 1 rings (SSSR count). The van der Waals surface area contributed by atoms with Gasteiger partial charge in [0.05, 0.1) is 5.02 Å². The van der Waals surface area contributed by atoms with Gasteiger partial charge in [0, 0.05) is 19.8 Å². The fourth-order valence-electron chi connectivity index (χ4n) is 1.20. The van der Waals surface area contributed by atoms with Crippen molar-refractivity contribution >= 4 is 11.6 Å². The second-order valence-electron chi connectivity index (χ2n) is 2.78. The van der Waals surface area contributed by atoms with Gasteiger partial charge in [-0.15, -0.1) is 0 Å². The molecule has 0 saturated heterocycles. The molecule has 3 heteroatoms. The van der Waals surface area contributed by atoms with Crippen LogP contribution in [0.4, 0.5) is 0 Å². The van der Waals surface area contributed by atoms with E-state index in [1.165, 1.54) is 0 Å². The van der Waals surface area contributed by atoms with Gasteiger partial charge < -0.3 is 9.47 Å². The Balaban J connectivity index is 3.05. The number of hydrogen-bond donors (Lipinski definition) is 0. The van der Waals surface area contributed by atoms with Gasteiger partial charge in [-0.3, -0.25) is 0 Å². The van der Waals surface area contributed by atoms with E-state index < -0.39 is 0 Å². The Morgan fingerprint density at radius 2 is 1.85 bits per heavy atom. The van der Waals surface area contributed by atoms with Crippen LogP contribution >= 0.6 is 11.6 Å². The summed E-state index contributed by atoms with van der Waals surface area (Å²) in [6.07, 6.45) is -0.382. The zero-order valence-electron chi connectivity index (χ0n) is 8.00. The SMILES string of the molecule is COC(OC)c1cccc(C)c1Cl. The van der Waals surface area contributed by atoms with Crippen LogP contribution in [0.2, 0.25) is 5.02 Å². The standard InChI is InChI=1S/C10H13ClO2/c1-7-5-4-6-8(9(7)11)10(12-2)13-3/h4-6,10H,1-3H3. The van der Waals surface area contributed by atoms with Gasteiger partial charge in [0.1, 0.15) is 0 Å². The minimum absolute atomic E-state index is 0.382. The van der Waals surface area contributed by atoms with E-state index in [-0.39, 0.29) is 6.29 Å². The highest BCUT2D eigenvalue weighted by Gasteiger charge is 2.13. The highest BCUT2D eigenvalue weighted by Crippen LogP contribution is 2.27. The highest BCUT2D eigenvalue weighted by molar-refractivity contribution is 6.32. The maximum Gasteiger partial charge on any atom is 0.184 e. The van der Waals surface area contributed by atoms with Crippen LogP contribution in [0, 0.1) is 6.92 Å². The Kier molecular flexibility index (Phi) is 3.72. The van der Waals surface area contributed by atoms with E-state index >= 15 is 0 Å². The van der Waals surface area contributed by atoms with Crippen molar-refractivity contribution in [1.29, 1.82) is 0 Å². The zero-order valence-corrected chi connectivity index (χ0v) is 8.76. The number of hydrogen-bond acceptors (Lipinski definition) is 2. The van der Waals surface area contributed by atoms with Crippen molar-refractivity contribution in [3.05, 3.63) is 34.3 Å². The summed E-state index contributed by atoms with van der Waals surface area (Å²) in [5.74, 6) is 0. The molecule has 1 aromatic carbocycles. The maximum absolute atomic E-state index is 6.09. The number of ether oxygens (including phenoxy) is 2. The third-order valence-corrected chi connectivity index (χ3v) is 2.42. The topological polar surface area (TPSA) is 18.5 Å². The van der Waals surface area contributed by atoms with Gasteiger partial charge in [0.2, 0.25) is 0 Å². The molecule has 0 atom stereocenters. The van der Waals surface area contributed by atoms with Crippen LogP contribution in [-0.4, -0.2) is 14.2 Å². The summed E-state index contributed by atoms with van der Waals surface area (Å²) in [7, 11) is 3.18. The predicted octanol–water partition coefficient (Wildman–Crippen LogP) is 2.94. The fraction of sp³-hybridized carbons (Fsp3) is 0.400. The lowest BCUT2D eigenvalue weighted by Crippen LogP contribution is -2.04.